The van der Waals surface area contributed by atoms with Crippen LogP contribution in [0.2, 0.25) is 0 Å². The molecule has 0 saturated carbocycles. The molecular formula is C15H23N5O. The Morgan fingerprint density at radius 1 is 1.38 bits per heavy atom. The zero-order chi connectivity index (χ0) is 15.0. The van der Waals surface area contributed by atoms with Gasteiger partial charge in [0.15, 0.2) is 0 Å². The van der Waals surface area contributed by atoms with Crippen LogP contribution >= 0.6 is 0 Å². The molecule has 6 heteroatoms. The summed E-state index contributed by atoms with van der Waals surface area (Å²) in [5.41, 5.74) is -0.110. The minimum absolute atomic E-state index is 0.110. The first kappa shape index (κ1) is 14.1. The van der Waals surface area contributed by atoms with Crippen LogP contribution in [0.25, 0.3) is 0 Å². The maximum Gasteiger partial charge on any atom is 0.266 e. The lowest BCUT2D eigenvalue weighted by atomic mass is 9.97. The molecular weight excluding hydrogens is 266 g/mol. The van der Waals surface area contributed by atoms with Gasteiger partial charge in [-0.2, -0.15) is 4.98 Å². The highest BCUT2D eigenvalue weighted by Gasteiger charge is 2.30. The summed E-state index contributed by atoms with van der Waals surface area (Å²) in [6.45, 7) is 10.2. The molecule has 0 amide bonds. The van der Waals surface area contributed by atoms with Crippen molar-refractivity contribution < 1.29 is 4.52 Å². The van der Waals surface area contributed by atoms with Gasteiger partial charge in [0.25, 0.3) is 5.95 Å². The molecule has 1 fully saturated rings. The second-order valence-corrected chi connectivity index (χ2v) is 6.77. The van der Waals surface area contributed by atoms with Crippen molar-refractivity contribution in [2.45, 2.75) is 58.5 Å². The normalized spacial score (nSPS) is 19.4. The van der Waals surface area contributed by atoms with Crippen LogP contribution in [-0.2, 0) is 12.0 Å². The second kappa shape index (κ2) is 5.16. The number of hydrogen-bond donors (Lipinski definition) is 0. The van der Waals surface area contributed by atoms with Gasteiger partial charge in [0.2, 0.25) is 5.89 Å². The summed E-state index contributed by atoms with van der Waals surface area (Å²) < 4.78 is 7.62. The Hall–Kier alpha value is -1.85. The minimum Gasteiger partial charge on any atom is -0.337 e. The van der Waals surface area contributed by atoms with Crippen LogP contribution < -0.4 is 4.90 Å². The van der Waals surface area contributed by atoms with Crippen LogP contribution in [0.5, 0.6) is 0 Å². The molecule has 1 saturated heterocycles. The molecule has 0 radical (unpaired) electrons. The molecule has 0 aromatic carbocycles. The molecule has 3 rings (SSSR count). The topological polar surface area (TPSA) is 60.0 Å². The second-order valence-electron chi connectivity index (χ2n) is 6.77. The van der Waals surface area contributed by atoms with E-state index in [4.69, 9.17) is 4.52 Å². The number of imidazole rings is 1. The summed E-state index contributed by atoms with van der Waals surface area (Å²) in [7, 11) is 0. The molecule has 3 heterocycles. The van der Waals surface area contributed by atoms with Crippen LogP contribution in [0.3, 0.4) is 0 Å². The Bertz CT molecular complexity index is 610. The Labute approximate surface area is 125 Å². The Morgan fingerprint density at radius 2 is 2.19 bits per heavy atom. The minimum atomic E-state index is -0.110. The average Bonchev–Trinajstić information content (AvgIpc) is 3.10. The molecule has 2 aromatic rings. The molecule has 1 atom stereocenters. The molecule has 114 valence electrons. The van der Waals surface area contributed by atoms with E-state index in [9.17, 15) is 0 Å². The number of hydrogen-bond acceptors (Lipinski definition) is 5. The molecule has 21 heavy (non-hydrogen) atoms. The molecule has 0 N–H and O–H groups in total. The quantitative estimate of drug-likeness (QED) is 0.869. The Balaban J connectivity index is 1.78. The van der Waals surface area contributed by atoms with E-state index in [-0.39, 0.29) is 5.41 Å². The fourth-order valence-electron chi connectivity index (χ4n) is 2.75. The standard InChI is InChI=1S/C15H23N5O/c1-11-16-7-9-19(11)10-12-6-5-8-20(12)14-17-13(21-18-14)15(2,3)4/h7,9,12H,5-6,8,10H2,1-4H3. The first-order chi connectivity index (χ1) is 9.95. The molecule has 2 aromatic heterocycles. The van der Waals surface area contributed by atoms with E-state index in [1.807, 2.05) is 19.3 Å². The van der Waals surface area contributed by atoms with Crippen LogP contribution in [0, 0.1) is 6.92 Å². The first-order valence-corrected chi connectivity index (χ1v) is 7.54. The lowest BCUT2D eigenvalue weighted by molar-refractivity contribution is 0.320. The lowest BCUT2D eigenvalue weighted by Gasteiger charge is -2.23. The van der Waals surface area contributed by atoms with Gasteiger partial charge in [-0.1, -0.05) is 20.8 Å². The highest BCUT2D eigenvalue weighted by molar-refractivity contribution is 5.32. The third kappa shape index (κ3) is 2.80. The molecule has 0 bridgehead atoms. The van der Waals surface area contributed by atoms with Gasteiger partial charge in [0.05, 0.1) is 0 Å². The maximum absolute atomic E-state index is 5.43. The van der Waals surface area contributed by atoms with E-state index >= 15 is 0 Å². The predicted molar refractivity (Wildman–Crippen MR) is 80.3 cm³/mol. The molecule has 6 nitrogen and oxygen atoms in total. The van der Waals surface area contributed by atoms with Gasteiger partial charge in [0.1, 0.15) is 5.82 Å². The SMILES string of the molecule is Cc1nccn1CC1CCCN1c1noc(C(C)(C)C)n1. The number of nitrogens with zero attached hydrogens (tertiary/aromatic N) is 5. The van der Waals surface area contributed by atoms with Gasteiger partial charge in [-0.25, -0.2) is 4.98 Å². The molecule has 1 aliphatic heterocycles. The predicted octanol–water partition coefficient (Wildman–Crippen LogP) is 2.54. The van der Waals surface area contributed by atoms with E-state index < -0.39 is 0 Å². The number of aryl methyl sites for hydroxylation is 1. The Morgan fingerprint density at radius 3 is 2.81 bits per heavy atom. The molecule has 1 unspecified atom stereocenters. The monoisotopic (exact) mass is 289 g/mol. The van der Waals surface area contributed by atoms with Crippen LogP contribution in [0.15, 0.2) is 16.9 Å². The third-order valence-electron chi connectivity index (χ3n) is 4.02. The summed E-state index contributed by atoms with van der Waals surface area (Å²) in [4.78, 5) is 11.1. The fraction of sp³-hybridized carbons (Fsp3) is 0.667. The van der Waals surface area contributed by atoms with E-state index in [1.165, 1.54) is 0 Å². The third-order valence-corrected chi connectivity index (χ3v) is 4.02. The van der Waals surface area contributed by atoms with Crippen LogP contribution in [0.4, 0.5) is 5.95 Å². The maximum atomic E-state index is 5.43. The zero-order valence-electron chi connectivity index (χ0n) is 13.2. The summed E-state index contributed by atoms with van der Waals surface area (Å²) in [6.07, 6.45) is 6.19. The van der Waals surface area contributed by atoms with E-state index in [0.717, 1.165) is 37.7 Å². The Kier molecular flexibility index (Phi) is 3.47. The van der Waals surface area contributed by atoms with Crippen molar-refractivity contribution in [3.63, 3.8) is 0 Å². The molecule has 0 spiro atoms. The number of anilines is 1. The average molecular weight is 289 g/mol. The van der Waals surface area contributed by atoms with Gasteiger partial charge in [-0.05, 0) is 24.9 Å². The van der Waals surface area contributed by atoms with Crippen LogP contribution in [-0.4, -0.2) is 32.3 Å². The van der Waals surface area contributed by atoms with Crippen molar-refractivity contribution in [3.8, 4) is 0 Å². The fourth-order valence-corrected chi connectivity index (χ4v) is 2.75. The summed E-state index contributed by atoms with van der Waals surface area (Å²) >= 11 is 0. The molecule has 1 aliphatic rings. The summed E-state index contributed by atoms with van der Waals surface area (Å²) in [6, 6.07) is 0.406. The highest BCUT2D eigenvalue weighted by Crippen LogP contribution is 2.27. The smallest absolute Gasteiger partial charge is 0.266 e. The van der Waals surface area contributed by atoms with Crippen molar-refractivity contribution in [2.24, 2.45) is 0 Å². The van der Waals surface area contributed by atoms with E-state index in [1.54, 1.807) is 0 Å². The number of rotatable bonds is 3. The lowest BCUT2D eigenvalue weighted by Crippen LogP contribution is -2.34. The van der Waals surface area contributed by atoms with Gasteiger partial charge in [-0.15, -0.1) is 0 Å². The van der Waals surface area contributed by atoms with Gasteiger partial charge < -0.3 is 14.0 Å². The summed E-state index contributed by atoms with van der Waals surface area (Å²) in [5.74, 6) is 2.47. The number of aromatic nitrogens is 4. The van der Waals surface area contributed by atoms with Crippen molar-refractivity contribution in [1.82, 2.24) is 19.7 Å². The molecule has 0 aliphatic carbocycles. The largest absolute Gasteiger partial charge is 0.337 e. The van der Waals surface area contributed by atoms with Gasteiger partial charge in [-0.3, -0.25) is 0 Å². The van der Waals surface area contributed by atoms with E-state index in [2.05, 4.69) is 45.4 Å². The summed E-state index contributed by atoms with van der Waals surface area (Å²) in [5, 5.41) is 4.18. The van der Waals surface area contributed by atoms with Gasteiger partial charge in [0, 0.05) is 36.9 Å². The van der Waals surface area contributed by atoms with Crippen LogP contribution in [0.1, 0.15) is 45.3 Å². The van der Waals surface area contributed by atoms with Crippen molar-refractivity contribution in [2.75, 3.05) is 11.4 Å². The highest BCUT2D eigenvalue weighted by atomic mass is 16.5. The van der Waals surface area contributed by atoms with E-state index in [0.29, 0.717) is 11.9 Å². The zero-order valence-corrected chi connectivity index (χ0v) is 13.2. The van der Waals surface area contributed by atoms with Crippen molar-refractivity contribution in [1.29, 1.82) is 0 Å². The van der Waals surface area contributed by atoms with Crippen molar-refractivity contribution in [3.05, 3.63) is 24.1 Å². The first-order valence-electron chi connectivity index (χ1n) is 7.54. The van der Waals surface area contributed by atoms with Crippen molar-refractivity contribution >= 4 is 5.95 Å². The van der Waals surface area contributed by atoms with Gasteiger partial charge >= 0.3 is 0 Å².